The van der Waals surface area contributed by atoms with Gasteiger partial charge in [0, 0.05) is 18.8 Å². The fourth-order valence-corrected chi connectivity index (χ4v) is 2.33. The zero-order valence-electron chi connectivity index (χ0n) is 12.6. The third kappa shape index (κ3) is 2.37. The number of carbonyl (C=O) groups is 1. The minimum Gasteiger partial charge on any atom is -0.364 e. The molecule has 4 rings (SSSR count). The standard InChI is InChI=1S/C13H12N10O/c1-21-3-8(2-16-21)9-6-23-13(15-7-17-23)11(18-9)5-22-4-10(12(14)24)19-20-22/h2-4,6-7H,5H2,1H3,(H2,14,24). The summed E-state index contributed by atoms with van der Waals surface area (Å²) in [5.41, 5.74) is 8.07. The van der Waals surface area contributed by atoms with Crippen molar-refractivity contribution < 1.29 is 4.79 Å². The van der Waals surface area contributed by atoms with Crippen molar-refractivity contribution in [3.05, 3.63) is 42.5 Å². The van der Waals surface area contributed by atoms with Crippen LogP contribution in [0.5, 0.6) is 0 Å². The molecule has 2 N–H and O–H groups in total. The summed E-state index contributed by atoms with van der Waals surface area (Å²) in [6.07, 6.45) is 8.27. The zero-order valence-corrected chi connectivity index (χ0v) is 12.6. The Balaban J connectivity index is 1.78. The number of rotatable bonds is 4. The highest BCUT2D eigenvalue weighted by Gasteiger charge is 2.13. The first-order valence-electron chi connectivity index (χ1n) is 6.98. The summed E-state index contributed by atoms with van der Waals surface area (Å²) in [4.78, 5) is 20.0. The van der Waals surface area contributed by atoms with Gasteiger partial charge in [0.2, 0.25) is 0 Å². The Bertz CT molecular complexity index is 1040. The number of primary amides is 1. The van der Waals surface area contributed by atoms with E-state index in [2.05, 4.69) is 30.5 Å². The minimum absolute atomic E-state index is 0.0934. The van der Waals surface area contributed by atoms with Gasteiger partial charge in [0.1, 0.15) is 12.0 Å². The maximum Gasteiger partial charge on any atom is 0.270 e. The molecule has 24 heavy (non-hydrogen) atoms. The summed E-state index contributed by atoms with van der Waals surface area (Å²) >= 11 is 0. The predicted octanol–water partition coefficient (Wildman–Crippen LogP) is -0.737. The van der Waals surface area contributed by atoms with E-state index in [1.165, 1.54) is 17.2 Å². The van der Waals surface area contributed by atoms with Crippen LogP contribution < -0.4 is 5.73 Å². The highest BCUT2D eigenvalue weighted by Crippen LogP contribution is 2.18. The smallest absolute Gasteiger partial charge is 0.270 e. The van der Waals surface area contributed by atoms with Crippen molar-refractivity contribution in [2.75, 3.05) is 0 Å². The first-order valence-corrected chi connectivity index (χ1v) is 6.98. The van der Waals surface area contributed by atoms with E-state index >= 15 is 0 Å². The number of hydrogen-bond acceptors (Lipinski definition) is 7. The lowest BCUT2D eigenvalue weighted by molar-refractivity contribution is 0.0995. The van der Waals surface area contributed by atoms with Gasteiger partial charge < -0.3 is 5.73 Å². The van der Waals surface area contributed by atoms with Crippen molar-refractivity contribution in [3.8, 4) is 11.3 Å². The van der Waals surface area contributed by atoms with Crippen LogP contribution in [0.4, 0.5) is 0 Å². The minimum atomic E-state index is -0.633. The highest BCUT2D eigenvalue weighted by molar-refractivity contribution is 5.90. The van der Waals surface area contributed by atoms with Crippen LogP contribution in [-0.2, 0) is 13.6 Å². The third-order valence-electron chi connectivity index (χ3n) is 3.43. The molecule has 0 aromatic carbocycles. The number of nitrogens with two attached hydrogens (primary N) is 1. The molecule has 0 radical (unpaired) electrons. The molecule has 0 bridgehead atoms. The first-order chi connectivity index (χ1) is 11.6. The Hall–Kier alpha value is -3.63. The second-order valence-corrected chi connectivity index (χ2v) is 5.17. The van der Waals surface area contributed by atoms with Crippen LogP contribution >= 0.6 is 0 Å². The van der Waals surface area contributed by atoms with Gasteiger partial charge in [-0.3, -0.25) is 9.48 Å². The second-order valence-electron chi connectivity index (χ2n) is 5.17. The van der Waals surface area contributed by atoms with Gasteiger partial charge in [-0.15, -0.1) is 5.10 Å². The van der Waals surface area contributed by atoms with Crippen molar-refractivity contribution >= 4 is 11.6 Å². The third-order valence-corrected chi connectivity index (χ3v) is 3.43. The number of nitrogens with zero attached hydrogens (tertiary/aromatic N) is 9. The van der Waals surface area contributed by atoms with Crippen molar-refractivity contribution in [2.45, 2.75) is 6.54 Å². The van der Waals surface area contributed by atoms with Gasteiger partial charge in [-0.2, -0.15) is 10.2 Å². The summed E-state index contributed by atoms with van der Waals surface area (Å²) in [7, 11) is 1.83. The van der Waals surface area contributed by atoms with Gasteiger partial charge in [-0.05, 0) is 0 Å². The van der Waals surface area contributed by atoms with E-state index in [1.807, 2.05) is 13.2 Å². The van der Waals surface area contributed by atoms with Crippen molar-refractivity contribution in [3.63, 3.8) is 0 Å². The van der Waals surface area contributed by atoms with Gasteiger partial charge in [-0.25, -0.2) is 19.2 Å². The molecule has 120 valence electrons. The molecule has 11 nitrogen and oxygen atoms in total. The zero-order chi connectivity index (χ0) is 16.7. The fourth-order valence-electron chi connectivity index (χ4n) is 2.33. The Morgan fingerprint density at radius 1 is 1.25 bits per heavy atom. The van der Waals surface area contributed by atoms with Crippen LogP contribution in [0.1, 0.15) is 16.2 Å². The molecule has 0 aliphatic heterocycles. The Labute approximate surface area is 134 Å². The van der Waals surface area contributed by atoms with E-state index in [1.54, 1.807) is 21.6 Å². The van der Waals surface area contributed by atoms with Crippen LogP contribution in [0.3, 0.4) is 0 Å². The van der Waals surface area contributed by atoms with E-state index in [9.17, 15) is 4.79 Å². The van der Waals surface area contributed by atoms with Crippen molar-refractivity contribution in [1.29, 1.82) is 0 Å². The lowest BCUT2D eigenvalue weighted by Gasteiger charge is -2.05. The van der Waals surface area contributed by atoms with Gasteiger partial charge in [-0.1, -0.05) is 5.21 Å². The summed E-state index contributed by atoms with van der Waals surface area (Å²) in [6.45, 7) is 0.274. The molecule has 0 aliphatic carbocycles. The van der Waals surface area contributed by atoms with E-state index in [-0.39, 0.29) is 12.2 Å². The lowest BCUT2D eigenvalue weighted by Crippen LogP contribution is -2.11. The number of carbonyl (C=O) groups excluding carboxylic acids is 1. The SMILES string of the molecule is Cn1cc(-c2cn3ncnc3c(Cn3cc(C(N)=O)nn3)n2)cn1. The Kier molecular flexibility index (Phi) is 3.05. The van der Waals surface area contributed by atoms with Crippen molar-refractivity contribution in [1.82, 2.24) is 44.4 Å². The van der Waals surface area contributed by atoms with Crippen LogP contribution in [-0.4, -0.2) is 50.3 Å². The largest absolute Gasteiger partial charge is 0.364 e. The average molecular weight is 324 g/mol. The molecule has 0 fully saturated rings. The molecule has 0 unspecified atom stereocenters. The summed E-state index contributed by atoms with van der Waals surface area (Å²) in [5, 5.41) is 15.9. The van der Waals surface area contributed by atoms with Gasteiger partial charge in [0.15, 0.2) is 11.3 Å². The highest BCUT2D eigenvalue weighted by atomic mass is 16.1. The van der Waals surface area contributed by atoms with Crippen LogP contribution in [0.25, 0.3) is 16.9 Å². The van der Waals surface area contributed by atoms with E-state index in [0.29, 0.717) is 17.0 Å². The van der Waals surface area contributed by atoms with E-state index in [0.717, 1.165) is 5.56 Å². The number of aromatic nitrogens is 9. The molecule has 4 aromatic rings. The maximum absolute atomic E-state index is 11.1. The second kappa shape index (κ2) is 5.22. The average Bonchev–Trinajstić information content (AvgIpc) is 3.26. The topological polar surface area (TPSA) is 135 Å². The molecule has 11 heteroatoms. The summed E-state index contributed by atoms with van der Waals surface area (Å²) in [5.74, 6) is -0.633. The van der Waals surface area contributed by atoms with Crippen LogP contribution in [0.15, 0.2) is 31.1 Å². The Morgan fingerprint density at radius 3 is 2.83 bits per heavy atom. The fraction of sp³-hybridized carbons (Fsp3) is 0.154. The summed E-state index contributed by atoms with van der Waals surface area (Å²) in [6, 6.07) is 0. The predicted molar refractivity (Wildman–Crippen MR) is 80.6 cm³/mol. The number of fused-ring (bicyclic) bond motifs is 1. The van der Waals surface area contributed by atoms with E-state index in [4.69, 9.17) is 5.73 Å². The molecule has 0 aliphatic rings. The molecular weight excluding hydrogens is 312 g/mol. The normalized spacial score (nSPS) is 11.2. The van der Waals surface area contributed by atoms with Gasteiger partial charge in [0.05, 0.1) is 30.8 Å². The van der Waals surface area contributed by atoms with E-state index < -0.39 is 5.91 Å². The Morgan fingerprint density at radius 2 is 2.12 bits per heavy atom. The molecule has 1 amide bonds. The molecule has 4 aromatic heterocycles. The molecule has 0 atom stereocenters. The van der Waals surface area contributed by atoms with Crippen LogP contribution in [0.2, 0.25) is 0 Å². The molecule has 0 saturated heterocycles. The monoisotopic (exact) mass is 324 g/mol. The van der Waals surface area contributed by atoms with Crippen LogP contribution in [0, 0.1) is 0 Å². The van der Waals surface area contributed by atoms with Crippen molar-refractivity contribution in [2.24, 2.45) is 12.8 Å². The quantitative estimate of drug-likeness (QED) is 0.522. The first kappa shape index (κ1) is 14.0. The lowest BCUT2D eigenvalue weighted by atomic mass is 10.2. The molecule has 0 spiro atoms. The number of aryl methyl sites for hydroxylation is 1. The number of hydrogen-bond donors (Lipinski definition) is 1. The van der Waals surface area contributed by atoms with Gasteiger partial charge in [0.25, 0.3) is 5.91 Å². The molecule has 4 heterocycles. The maximum atomic E-state index is 11.1. The summed E-state index contributed by atoms with van der Waals surface area (Å²) < 4.78 is 4.81. The number of amides is 1. The molecular formula is C13H12N10O. The van der Waals surface area contributed by atoms with Gasteiger partial charge >= 0.3 is 0 Å². The molecule has 0 saturated carbocycles.